The molecule has 0 radical (unpaired) electrons. The van der Waals surface area contributed by atoms with Crippen molar-refractivity contribution in [2.75, 3.05) is 36.2 Å². The van der Waals surface area contributed by atoms with Crippen molar-refractivity contribution in [3.8, 4) is 5.75 Å². The number of ether oxygens (including phenoxy) is 1. The van der Waals surface area contributed by atoms with Gasteiger partial charge in [-0.1, -0.05) is 24.3 Å². The number of carbonyl (C=O) groups is 1. The molecule has 0 bridgehead atoms. The summed E-state index contributed by atoms with van der Waals surface area (Å²) in [5.41, 5.74) is 1.23. The Hall–Kier alpha value is -2.54. The van der Waals surface area contributed by atoms with Crippen LogP contribution in [0.5, 0.6) is 5.75 Å². The van der Waals surface area contributed by atoms with Crippen LogP contribution in [0.25, 0.3) is 0 Å². The summed E-state index contributed by atoms with van der Waals surface area (Å²) in [6, 6.07) is 16.0. The smallest absolute Gasteiger partial charge is 0.232 e. The molecule has 2 rings (SSSR count). The second kappa shape index (κ2) is 8.02. The molecule has 0 aliphatic heterocycles. The summed E-state index contributed by atoms with van der Waals surface area (Å²) in [5.74, 6) is 0.390. The van der Waals surface area contributed by atoms with Crippen LogP contribution in [0.4, 0.5) is 11.4 Å². The fourth-order valence-corrected chi connectivity index (χ4v) is 3.33. The first-order valence-electron chi connectivity index (χ1n) is 7.76. The summed E-state index contributed by atoms with van der Waals surface area (Å²) in [7, 11) is -0.331. The summed E-state index contributed by atoms with van der Waals surface area (Å²) in [5, 5.41) is 0. The molecule has 0 N–H and O–H groups in total. The number of sulfonamides is 1. The van der Waals surface area contributed by atoms with Crippen LogP contribution in [-0.4, -0.2) is 41.3 Å². The Kier molecular flexibility index (Phi) is 6.03. The van der Waals surface area contributed by atoms with Gasteiger partial charge in [-0.05, 0) is 24.3 Å². The molecule has 25 heavy (non-hydrogen) atoms. The van der Waals surface area contributed by atoms with Crippen LogP contribution < -0.4 is 13.9 Å². The lowest BCUT2D eigenvalue weighted by Gasteiger charge is -2.24. The second-order valence-corrected chi connectivity index (χ2v) is 7.48. The van der Waals surface area contributed by atoms with Crippen LogP contribution in [0.3, 0.4) is 0 Å². The lowest BCUT2D eigenvalue weighted by Crippen LogP contribution is -2.35. The normalized spacial score (nSPS) is 11.0. The van der Waals surface area contributed by atoms with Gasteiger partial charge in [0, 0.05) is 31.8 Å². The first-order valence-corrected chi connectivity index (χ1v) is 9.61. The first-order chi connectivity index (χ1) is 11.8. The minimum atomic E-state index is -3.52. The van der Waals surface area contributed by atoms with E-state index < -0.39 is 10.0 Å². The molecule has 6 nitrogen and oxygen atoms in total. The summed E-state index contributed by atoms with van der Waals surface area (Å²) < 4.78 is 30.6. The van der Waals surface area contributed by atoms with Gasteiger partial charge in [0.2, 0.25) is 15.9 Å². The van der Waals surface area contributed by atoms with Crippen molar-refractivity contribution < 1.29 is 17.9 Å². The van der Waals surface area contributed by atoms with E-state index in [9.17, 15) is 13.2 Å². The van der Waals surface area contributed by atoms with Gasteiger partial charge in [-0.15, -0.1) is 0 Å². The van der Waals surface area contributed by atoms with Crippen LogP contribution in [0.2, 0.25) is 0 Å². The first kappa shape index (κ1) is 18.8. The van der Waals surface area contributed by atoms with E-state index in [1.807, 2.05) is 30.3 Å². The largest absolute Gasteiger partial charge is 0.497 e. The van der Waals surface area contributed by atoms with E-state index >= 15 is 0 Å². The average molecular weight is 362 g/mol. The van der Waals surface area contributed by atoms with Crippen molar-refractivity contribution in [3.05, 3.63) is 54.6 Å². The van der Waals surface area contributed by atoms with E-state index in [-0.39, 0.29) is 18.9 Å². The zero-order chi connectivity index (χ0) is 18.4. The van der Waals surface area contributed by atoms with Gasteiger partial charge >= 0.3 is 0 Å². The van der Waals surface area contributed by atoms with Gasteiger partial charge in [-0.3, -0.25) is 9.10 Å². The third kappa shape index (κ3) is 4.96. The van der Waals surface area contributed by atoms with E-state index in [1.54, 1.807) is 31.3 Å². The molecule has 1 amide bonds. The Bertz CT molecular complexity index is 822. The van der Waals surface area contributed by atoms with E-state index in [0.29, 0.717) is 11.4 Å². The SMILES string of the molecule is COc1cccc(N(CCC(=O)N(C)c2ccccc2)S(C)(=O)=O)c1. The van der Waals surface area contributed by atoms with Gasteiger partial charge in [0.05, 0.1) is 19.1 Å². The average Bonchev–Trinajstić information content (AvgIpc) is 2.61. The van der Waals surface area contributed by atoms with Crippen LogP contribution in [0.15, 0.2) is 54.6 Å². The van der Waals surface area contributed by atoms with E-state index in [4.69, 9.17) is 4.74 Å². The molecule has 0 aliphatic carbocycles. The van der Waals surface area contributed by atoms with Crippen LogP contribution in [-0.2, 0) is 14.8 Å². The summed E-state index contributed by atoms with van der Waals surface area (Å²) in [6.45, 7) is 0.0575. The van der Waals surface area contributed by atoms with Crippen LogP contribution in [0.1, 0.15) is 6.42 Å². The molecular weight excluding hydrogens is 340 g/mol. The molecule has 0 atom stereocenters. The molecule has 0 spiro atoms. The highest BCUT2D eigenvalue weighted by molar-refractivity contribution is 7.92. The van der Waals surface area contributed by atoms with Crippen LogP contribution >= 0.6 is 0 Å². The predicted octanol–water partition coefficient (Wildman–Crippen LogP) is 2.51. The quantitative estimate of drug-likeness (QED) is 0.759. The summed E-state index contributed by atoms with van der Waals surface area (Å²) in [4.78, 5) is 13.9. The number of carbonyl (C=O) groups excluding carboxylic acids is 1. The number of anilines is 2. The Morgan fingerprint density at radius 1 is 1.04 bits per heavy atom. The van der Waals surface area contributed by atoms with E-state index in [1.165, 1.54) is 16.3 Å². The van der Waals surface area contributed by atoms with Crippen molar-refractivity contribution in [1.29, 1.82) is 0 Å². The topological polar surface area (TPSA) is 66.9 Å². The fraction of sp³-hybridized carbons (Fsp3) is 0.278. The number of methoxy groups -OCH3 is 1. The molecule has 0 saturated heterocycles. The zero-order valence-corrected chi connectivity index (χ0v) is 15.4. The molecule has 2 aromatic carbocycles. The monoisotopic (exact) mass is 362 g/mol. The summed E-state index contributed by atoms with van der Waals surface area (Å²) in [6.07, 6.45) is 1.19. The van der Waals surface area contributed by atoms with Gasteiger partial charge < -0.3 is 9.64 Å². The Morgan fingerprint density at radius 3 is 2.28 bits per heavy atom. The minimum absolute atomic E-state index is 0.0575. The predicted molar refractivity (Wildman–Crippen MR) is 99.7 cm³/mol. The maximum Gasteiger partial charge on any atom is 0.232 e. The highest BCUT2D eigenvalue weighted by Crippen LogP contribution is 2.23. The highest BCUT2D eigenvalue weighted by atomic mass is 32.2. The van der Waals surface area contributed by atoms with Crippen molar-refractivity contribution in [3.63, 3.8) is 0 Å². The maximum atomic E-state index is 12.4. The Labute approximate surface area is 148 Å². The molecule has 0 unspecified atom stereocenters. The number of amides is 1. The van der Waals surface area contributed by atoms with Crippen LogP contribution in [0, 0.1) is 0 Å². The van der Waals surface area contributed by atoms with Crippen molar-refractivity contribution in [1.82, 2.24) is 0 Å². The molecule has 0 aromatic heterocycles. The lowest BCUT2D eigenvalue weighted by molar-refractivity contribution is -0.118. The van der Waals surface area contributed by atoms with Gasteiger partial charge in [-0.2, -0.15) is 0 Å². The van der Waals surface area contributed by atoms with Gasteiger partial charge in [0.1, 0.15) is 5.75 Å². The van der Waals surface area contributed by atoms with Crippen molar-refractivity contribution >= 4 is 27.3 Å². The van der Waals surface area contributed by atoms with E-state index in [0.717, 1.165) is 11.9 Å². The van der Waals surface area contributed by atoms with Crippen molar-refractivity contribution in [2.24, 2.45) is 0 Å². The molecule has 134 valence electrons. The molecule has 2 aromatic rings. The maximum absolute atomic E-state index is 12.4. The van der Waals surface area contributed by atoms with Gasteiger partial charge in [0.25, 0.3) is 0 Å². The standard InChI is InChI=1S/C18H22N2O4S/c1-19(15-8-5-4-6-9-15)18(21)12-13-20(25(3,22)23)16-10-7-11-17(14-16)24-2/h4-11,14H,12-13H2,1-3H3. The molecule has 0 saturated carbocycles. The van der Waals surface area contributed by atoms with Gasteiger partial charge in [0.15, 0.2) is 0 Å². The van der Waals surface area contributed by atoms with Crippen molar-refractivity contribution in [2.45, 2.75) is 6.42 Å². The number of benzene rings is 2. The number of rotatable bonds is 7. The third-order valence-corrected chi connectivity index (χ3v) is 4.98. The zero-order valence-electron chi connectivity index (χ0n) is 14.5. The second-order valence-electron chi connectivity index (χ2n) is 5.57. The number of para-hydroxylation sites is 1. The molecular formula is C18H22N2O4S. The molecule has 0 aliphatic rings. The Morgan fingerprint density at radius 2 is 1.68 bits per heavy atom. The third-order valence-electron chi connectivity index (χ3n) is 3.79. The van der Waals surface area contributed by atoms with E-state index in [2.05, 4.69) is 0 Å². The Balaban J connectivity index is 2.14. The molecule has 0 fully saturated rings. The number of nitrogens with zero attached hydrogens (tertiary/aromatic N) is 2. The summed E-state index contributed by atoms with van der Waals surface area (Å²) >= 11 is 0. The fourth-order valence-electron chi connectivity index (χ4n) is 2.41. The lowest BCUT2D eigenvalue weighted by atomic mass is 10.2. The number of hydrogen-bond donors (Lipinski definition) is 0. The highest BCUT2D eigenvalue weighted by Gasteiger charge is 2.20. The minimum Gasteiger partial charge on any atom is -0.497 e. The molecule has 7 heteroatoms. The number of hydrogen-bond acceptors (Lipinski definition) is 4. The van der Waals surface area contributed by atoms with Gasteiger partial charge in [-0.25, -0.2) is 8.42 Å². The molecule has 0 heterocycles.